The molecule has 2 fully saturated rings. The average Bonchev–Trinajstić information content (AvgIpc) is 3.28. The van der Waals surface area contributed by atoms with E-state index in [0.717, 1.165) is 22.0 Å². The summed E-state index contributed by atoms with van der Waals surface area (Å²) in [5.74, 6) is 0.740. The van der Waals surface area contributed by atoms with Crippen LogP contribution in [0.2, 0.25) is 0 Å². The Balaban J connectivity index is 1.66. The highest BCUT2D eigenvalue weighted by Gasteiger charge is 2.52. The molecule has 2 saturated heterocycles. The highest BCUT2D eigenvalue weighted by atomic mass is 32.2. The summed E-state index contributed by atoms with van der Waals surface area (Å²) in [5, 5.41) is 16.9. The molecule has 0 bridgehead atoms. The van der Waals surface area contributed by atoms with Crippen LogP contribution in [-0.4, -0.2) is 55.8 Å². The normalized spacial score (nSPS) is 27.1. The van der Waals surface area contributed by atoms with Gasteiger partial charge in [-0.1, -0.05) is 5.16 Å². The molecule has 0 saturated carbocycles. The van der Waals surface area contributed by atoms with Gasteiger partial charge in [-0.25, -0.2) is 8.42 Å². The van der Waals surface area contributed by atoms with Crippen molar-refractivity contribution in [2.24, 2.45) is 11.3 Å². The molecule has 0 radical (unpaired) electrons. The summed E-state index contributed by atoms with van der Waals surface area (Å²) in [7, 11) is -3.60. The van der Waals surface area contributed by atoms with E-state index in [1.807, 2.05) is 13.8 Å². The highest BCUT2D eigenvalue weighted by Crippen LogP contribution is 2.42. The molecular weight excluding hydrogens is 362 g/mol. The molecule has 2 atom stereocenters. The maximum atomic E-state index is 13.2. The van der Waals surface area contributed by atoms with Crippen molar-refractivity contribution in [2.45, 2.75) is 18.7 Å². The van der Waals surface area contributed by atoms with E-state index in [4.69, 9.17) is 4.52 Å². The minimum Gasteiger partial charge on any atom is -0.396 e. The summed E-state index contributed by atoms with van der Waals surface area (Å²) < 4.78 is 33.1. The van der Waals surface area contributed by atoms with E-state index < -0.39 is 10.0 Å². The second-order valence-corrected chi connectivity index (χ2v) is 10.2. The third-order valence-electron chi connectivity index (χ3n) is 5.32. The van der Waals surface area contributed by atoms with Gasteiger partial charge in [0.1, 0.15) is 0 Å². The molecule has 2 aromatic rings. The van der Waals surface area contributed by atoms with Crippen LogP contribution in [0, 0.1) is 25.2 Å². The summed E-state index contributed by atoms with van der Waals surface area (Å²) in [5.41, 5.74) is 0.400. The predicted molar refractivity (Wildman–Crippen MR) is 93.9 cm³/mol. The molecule has 2 unspecified atom stereocenters. The van der Waals surface area contributed by atoms with Crippen molar-refractivity contribution in [1.82, 2.24) is 14.8 Å². The number of aryl methyl sites for hydroxylation is 2. The molecule has 4 heterocycles. The second-order valence-electron chi connectivity index (χ2n) is 7.01. The minimum atomic E-state index is -3.60. The number of fused-ring (bicyclic) bond motifs is 1. The lowest BCUT2D eigenvalue weighted by molar-refractivity contribution is 0.130. The molecule has 25 heavy (non-hydrogen) atoms. The van der Waals surface area contributed by atoms with Gasteiger partial charge >= 0.3 is 0 Å². The lowest BCUT2D eigenvalue weighted by atomic mass is 9.82. The highest BCUT2D eigenvalue weighted by molar-refractivity contribution is 7.89. The van der Waals surface area contributed by atoms with Gasteiger partial charge in [0, 0.05) is 36.0 Å². The van der Waals surface area contributed by atoms with Gasteiger partial charge in [-0.2, -0.15) is 4.31 Å². The fourth-order valence-electron chi connectivity index (χ4n) is 3.84. The third kappa shape index (κ3) is 2.65. The first kappa shape index (κ1) is 17.2. The summed E-state index contributed by atoms with van der Waals surface area (Å²) in [6.07, 6.45) is 0. The Morgan fingerprint density at radius 3 is 2.92 bits per heavy atom. The van der Waals surface area contributed by atoms with E-state index in [1.165, 1.54) is 15.6 Å². The Hall–Kier alpha value is -1.26. The van der Waals surface area contributed by atoms with Crippen LogP contribution in [-0.2, 0) is 10.0 Å². The van der Waals surface area contributed by atoms with Crippen molar-refractivity contribution in [1.29, 1.82) is 0 Å². The largest absolute Gasteiger partial charge is 0.396 e. The lowest BCUT2D eigenvalue weighted by Crippen LogP contribution is -2.37. The minimum absolute atomic E-state index is 0.00188. The lowest BCUT2D eigenvalue weighted by Gasteiger charge is -2.25. The third-order valence-corrected chi connectivity index (χ3v) is 8.46. The fraction of sp³-hybridized carbons (Fsp3) is 0.562. The van der Waals surface area contributed by atoms with Crippen LogP contribution in [0.3, 0.4) is 0 Å². The van der Waals surface area contributed by atoms with E-state index in [1.54, 1.807) is 12.1 Å². The van der Waals surface area contributed by atoms with Crippen molar-refractivity contribution < 1.29 is 18.0 Å². The molecule has 2 N–H and O–H groups in total. The van der Waals surface area contributed by atoms with Gasteiger partial charge in [0.05, 0.1) is 22.1 Å². The molecule has 7 nitrogen and oxygen atoms in total. The van der Waals surface area contributed by atoms with Gasteiger partial charge in [0.15, 0.2) is 5.76 Å². The van der Waals surface area contributed by atoms with Gasteiger partial charge < -0.3 is 14.9 Å². The van der Waals surface area contributed by atoms with Crippen molar-refractivity contribution >= 4 is 21.4 Å². The smallest absolute Gasteiger partial charge is 0.244 e. The molecule has 2 aliphatic rings. The molecule has 0 aromatic carbocycles. The molecule has 9 heteroatoms. The second kappa shape index (κ2) is 5.88. The van der Waals surface area contributed by atoms with E-state index >= 15 is 0 Å². The summed E-state index contributed by atoms with van der Waals surface area (Å²) >= 11 is 1.39. The van der Waals surface area contributed by atoms with Crippen molar-refractivity contribution in [3.05, 3.63) is 22.7 Å². The molecule has 0 aliphatic carbocycles. The van der Waals surface area contributed by atoms with Gasteiger partial charge in [-0.15, -0.1) is 11.3 Å². The quantitative estimate of drug-likeness (QED) is 0.824. The van der Waals surface area contributed by atoms with Crippen LogP contribution in [0.4, 0.5) is 0 Å². The topological polar surface area (TPSA) is 95.7 Å². The maximum Gasteiger partial charge on any atom is 0.244 e. The Morgan fingerprint density at radius 1 is 1.48 bits per heavy atom. The van der Waals surface area contributed by atoms with Gasteiger partial charge in [0.2, 0.25) is 10.0 Å². The predicted octanol–water partition coefficient (Wildman–Crippen LogP) is 1.22. The Morgan fingerprint density at radius 2 is 2.28 bits per heavy atom. The zero-order chi connectivity index (χ0) is 17.8. The average molecular weight is 383 g/mol. The molecule has 0 spiro atoms. The molecule has 4 rings (SSSR count). The first-order chi connectivity index (χ1) is 11.9. The van der Waals surface area contributed by atoms with Crippen LogP contribution in [0.15, 0.2) is 21.6 Å². The summed E-state index contributed by atoms with van der Waals surface area (Å²) in [6, 6.07) is 3.47. The zero-order valence-electron chi connectivity index (χ0n) is 14.2. The van der Waals surface area contributed by atoms with E-state index in [9.17, 15) is 13.5 Å². The van der Waals surface area contributed by atoms with Crippen LogP contribution in [0.5, 0.6) is 0 Å². The van der Waals surface area contributed by atoms with E-state index in [0.29, 0.717) is 30.3 Å². The molecule has 2 aliphatic heterocycles. The fourth-order valence-corrected chi connectivity index (χ4v) is 6.93. The van der Waals surface area contributed by atoms with Crippen LogP contribution in [0.1, 0.15) is 10.6 Å². The number of hydrogen-bond acceptors (Lipinski definition) is 7. The Bertz CT molecular complexity index is 904. The van der Waals surface area contributed by atoms with Crippen molar-refractivity contribution in [3.8, 4) is 10.6 Å². The van der Waals surface area contributed by atoms with Crippen LogP contribution < -0.4 is 5.32 Å². The Labute approximate surface area is 150 Å². The number of nitrogens with one attached hydrogen (secondary N) is 1. The summed E-state index contributed by atoms with van der Waals surface area (Å²) in [4.78, 5) is 1.81. The molecule has 0 amide bonds. The van der Waals surface area contributed by atoms with Gasteiger partial charge in [-0.3, -0.25) is 0 Å². The summed E-state index contributed by atoms with van der Waals surface area (Å²) in [6.45, 7) is 5.85. The number of aliphatic hydroxyl groups excluding tert-OH is 1. The van der Waals surface area contributed by atoms with E-state index in [2.05, 4.69) is 10.5 Å². The standard InChI is InChI=1S/C16H21N3O4S2/c1-10-3-13(23-18-10)14-4-15(11(2)24-14)25(21,22)19-6-12-5-17-7-16(12,8-19)9-20/h3-4,12,17,20H,5-9H2,1-2H3. The number of aliphatic hydroxyl groups is 1. The number of hydrogen-bond donors (Lipinski definition) is 2. The first-order valence-electron chi connectivity index (χ1n) is 8.21. The maximum absolute atomic E-state index is 13.2. The number of thiophene rings is 1. The van der Waals surface area contributed by atoms with E-state index in [-0.39, 0.29) is 17.9 Å². The molecule has 136 valence electrons. The van der Waals surface area contributed by atoms with Gasteiger partial charge in [0.25, 0.3) is 0 Å². The Kier molecular flexibility index (Phi) is 4.04. The number of rotatable bonds is 4. The van der Waals surface area contributed by atoms with Crippen LogP contribution in [0.25, 0.3) is 10.6 Å². The van der Waals surface area contributed by atoms with Crippen molar-refractivity contribution in [2.75, 3.05) is 32.8 Å². The number of sulfonamides is 1. The monoisotopic (exact) mass is 383 g/mol. The molecule has 2 aromatic heterocycles. The molecular formula is C16H21N3O4S2. The van der Waals surface area contributed by atoms with Gasteiger partial charge in [-0.05, 0) is 32.4 Å². The number of aromatic nitrogens is 1. The number of nitrogens with zero attached hydrogens (tertiary/aromatic N) is 2. The first-order valence-corrected chi connectivity index (χ1v) is 10.5. The van der Waals surface area contributed by atoms with Crippen LogP contribution >= 0.6 is 11.3 Å². The zero-order valence-corrected chi connectivity index (χ0v) is 15.8. The SMILES string of the molecule is Cc1cc(-c2cc(S(=O)(=O)N3CC4CNCC4(CO)C3)c(C)s2)on1. The van der Waals surface area contributed by atoms with Crippen molar-refractivity contribution in [3.63, 3.8) is 0 Å².